The number of rotatable bonds is 3. The highest BCUT2D eigenvalue weighted by atomic mass is 32.1. The summed E-state index contributed by atoms with van der Waals surface area (Å²) in [6.07, 6.45) is -0.312. The van der Waals surface area contributed by atoms with Crippen molar-refractivity contribution in [2.24, 2.45) is 0 Å². The average Bonchev–Trinajstić information content (AvgIpc) is 2.47. The summed E-state index contributed by atoms with van der Waals surface area (Å²) in [6, 6.07) is 0. The smallest absolute Gasteiger partial charge is 0.315 e. The molecule has 4 nitrogen and oxygen atoms in total. The Bertz CT molecular complexity index is 161. The Balaban J connectivity index is 2.11. The van der Waals surface area contributed by atoms with Crippen LogP contribution >= 0.6 is 12.6 Å². The molecule has 12 heavy (non-hydrogen) atoms. The summed E-state index contributed by atoms with van der Waals surface area (Å²) in [4.78, 5) is 10.7. The van der Waals surface area contributed by atoms with Gasteiger partial charge in [0.2, 0.25) is 0 Å². The van der Waals surface area contributed by atoms with E-state index in [-0.39, 0.29) is 30.7 Å². The zero-order chi connectivity index (χ0) is 8.97. The highest BCUT2D eigenvalue weighted by Gasteiger charge is 2.23. The van der Waals surface area contributed by atoms with Gasteiger partial charge in [0.05, 0.1) is 12.4 Å². The minimum atomic E-state index is -0.332. The Morgan fingerprint density at radius 1 is 1.75 bits per heavy atom. The van der Waals surface area contributed by atoms with Crippen molar-refractivity contribution >= 4 is 18.6 Å². The number of carbonyl (C=O) groups excluding carboxylic acids is 1. The zero-order valence-electron chi connectivity index (χ0n) is 6.86. The Kier molecular flexibility index (Phi) is 3.84. The summed E-state index contributed by atoms with van der Waals surface area (Å²) in [7, 11) is 0. The zero-order valence-corrected chi connectivity index (χ0v) is 7.75. The van der Waals surface area contributed by atoms with Gasteiger partial charge in [0, 0.05) is 0 Å². The van der Waals surface area contributed by atoms with E-state index in [0.717, 1.165) is 0 Å². The number of hydrogen-bond acceptors (Lipinski definition) is 5. The lowest BCUT2D eigenvalue weighted by Crippen LogP contribution is -2.21. The van der Waals surface area contributed by atoms with Crippen LogP contribution in [0.2, 0.25) is 0 Å². The molecule has 1 saturated heterocycles. The molecule has 0 radical (unpaired) electrons. The van der Waals surface area contributed by atoms with Crippen molar-refractivity contribution < 1.29 is 19.0 Å². The van der Waals surface area contributed by atoms with Crippen LogP contribution in [-0.4, -0.2) is 37.3 Å². The van der Waals surface area contributed by atoms with Gasteiger partial charge in [-0.25, -0.2) is 0 Å². The normalized spacial score (nSPS) is 28.8. The second-order valence-electron chi connectivity index (χ2n) is 2.50. The third-order valence-corrected chi connectivity index (χ3v) is 1.72. The number of hydrogen-bond donors (Lipinski definition) is 1. The van der Waals surface area contributed by atoms with Gasteiger partial charge in [-0.1, -0.05) is 0 Å². The molecule has 1 aliphatic heterocycles. The average molecular weight is 192 g/mol. The molecule has 0 aromatic rings. The highest BCUT2D eigenvalue weighted by molar-refractivity contribution is 7.81. The quantitative estimate of drug-likeness (QED) is 0.513. The lowest BCUT2D eigenvalue weighted by Gasteiger charge is -2.08. The molecule has 1 heterocycles. The predicted molar refractivity (Wildman–Crippen MR) is 45.1 cm³/mol. The van der Waals surface area contributed by atoms with Crippen LogP contribution in [0.25, 0.3) is 0 Å². The van der Waals surface area contributed by atoms with E-state index in [0.29, 0.717) is 6.61 Å². The molecule has 2 atom stereocenters. The fraction of sp³-hybridized carbons (Fsp3) is 0.857. The van der Waals surface area contributed by atoms with Gasteiger partial charge in [-0.15, -0.1) is 0 Å². The van der Waals surface area contributed by atoms with Crippen LogP contribution in [0.15, 0.2) is 0 Å². The van der Waals surface area contributed by atoms with Gasteiger partial charge < -0.3 is 14.2 Å². The number of esters is 1. The molecule has 1 aliphatic rings. The largest absolute Gasteiger partial charge is 0.462 e. The first-order chi connectivity index (χ1) is 5.72. The molecule has 0 aliphatic carbocycles. The lowest BCUT2D eigenvalue weighted by atomic mass is 10.4. The summed E-state index contributed by atoms with van der Waals surface area (Å²) in [6.45, 7) is 2.55. The predicted octanol–water partition coefficient (Wildman–Crippen LogP) is 0.221. The first kappa shape index (κ1) is 9.83. The summed E-state index contributed by atoms with van der Waals surface area (Å²) in [5.41, 5.74) is 0. The van der Waals surface area contributed by atoms with Gasteiger partial charge >= 0.3 is 5.97 Å². The van der Waals surface area contributed by atoms with Crippen LogP contribution in [0.5, 0.6) is 0 Å². The standard InChI is InChI=1S/C7H12O4S/c1-5-9-2-6(11-5)3-10-7(8)4-12/h5-6,12H,2-4H2,1H3/t5-,6?/m0/s1. The van der Waals surface area contributed by atoms with E-state index >= 15 is 0 Å². The van der Waals surface area contributed by atoms with Crippen LogP contribution in [0.1, 0.15) is 6.92 Å². The first-order valence-corrected chi connectivity index (χ1v) is 4.39. The van der Waals surface area contributed by atoms with Crippen molar-refractivity contribution in [1.82, 2.24) is 0 Å². The maximum atomic E-state index is 10.7. The Hall–Kier alpha value is -0.260. The molecule has 1 unspecified atom stereocenters. The number of thiol groups is 1. The fourth-order valence-electron chi connectivity index (χ4n) is 0.911. The van der Waals surface area contributed by atoms with Crippen molar-refractivity contribution in [2.45, 2.75) is 19.3 Å². The van der Waals surface area contributed by atoms with E-state index in [2.05, 4.69) is 12.6 Å². The van der Waals surface area contributed by atoms with Crippen molar-refractivity contribution in [3.05, 3.63) is 0 Å². The van der Waals surface area contributed by atoms with E-state index in [4.69, 9.17) is 14.2 Å². The van der Waals surface area contributed by atoms with E-state index < -0.39 is 0 Å². The molecule has 5 heteroatoms. The van der Waals surface area contributed by atoms with E-state index in [1.54, 1.807) is 6.92 Å². The van der Waals surface area contributed by atoms with Gasteiger partial charge in [-0.05, 0) is 6.92 Å². The molecule has 0 spiro atoms. The molecule has 70 valence electrons. The van der Waals surface area contributed by atoms with Crippen molar-refractivity contribution in [2.75, 3.05) is 19.0 Å². The summed E-state index contributed by atoms with van der Waals surface area (Å²) < 4.78 is 15.1. The second kappa shape index (κ2) is 4.69. The Labute approximate surface area is 76.6 Å². The fourth-order valence-corrected chi connectivity index (χ4v) is 1.00. The van der Waals surface area contributed by atoms with Gasteiger partial charge in [0.25, 0.3) is 0 Å². The van der Waals surface area contributed by atoms with Gasteiger partial charge in [-0.3, -0.25) is 4.79 Å². The van der Waals surface area contributed by atoms with Crippen LogP contribution < -0.4 is 0 Å². The highest BCUT2D eigenvalue weighted by Crippen LogP contribution is 2.10. The maximum absolute atomic E-state index is 10.7. The van der Waals surface area contributed by atoms with Crippen LogP contribution in [0, 0.1) is 0 Å². The van der Waals surface area contributed by atoms with Crippen LogP contribution in [0.3, 0.4) is 0 Å². The van der Waals surface area contributed by atoms with Crippen molar-refractivity contribution in [1.29, 1.82) is 0 Å². The van der Waals surface area contributed by atoms with Crippen molar-refractivity contribution in [3.8, 4) is 0 Å². The minimum Gasteiger partial charge on any atom is -0.462 e. The lowest BCUT2D eigenvalue weighted by molar-refractivity contribution is -0.144. The summed E-state index contributed by atoms with van der Waals surface area (Å²) >= 11 is 3.76. The van der Waals surface area contributed by atoms with E-state index in [1.807, 2.05) is 0 Å². The summed E-state index contributed by atoms with van der Waals surface area (Å²) in [5.74, 6) is -0.232. The molecular weight excluding hydrogens is 180 g/mol. The minimum absolute atomic E-state index is 0.100. The second-order valence-corrected chi connectivity index (χ2v) is 2.82. The first-order valence-electron chi connectivity index (χ1n) is 3.76. The molecule has 1 rings (SSSR count). The van der Waals surface area contributed by atoms with Crippen LogP contribution in [0.4, 0.5) is 0 Å². The topological polar surface area (TPSA) is 44.8 Å². The monoisotopic (exact) mass is 192 g/mol. The van der Waals surface area contributed by atoms with Gasteiger partial charge in [0.1, 0.15) is 12.7 Å². The SMILES string of the molecule is C[C@H]1OCC(COC(=O)CS)O1. The Morgan fingerprint density at radius 3 is 3.00 bits per heavy atom. The summed E-state index contributed by atoms with van der Waals surface area (Å²) in [5, 5.41) is 0. The van der Waals surface area contributed by atoms with Gasteiger partial charge in [0.15, 0.2) is 6.29 Å². The van der Waals surface area contributed by atoms with Crippen molar-refractivity contribution in [3.63, 3.8) is 0 Å². The molecule has 0 aromatic carbocycles. The van der Waals surface area contributed by atoms with E-state index in [9.17, 15) is 4.79 Å². The number of ether oxygens (including phenoxy) is 3. The molecule has 0 aromatic heterocycles. The molecule has 0 bridgehead atoms. The number of carbonyl (C=O) groups is 1. The molecular formula is C7H12O4S. The Morgan fingerprint density at radius 2 is 2.50 bits per heavy atom. The third-order valence-electron chi connectivity index (χ3n) is 1.46. The molecule has 0 N–H and O–H groups in total. The van der Waals surface area contributed by atoms with Gasteiger partial charge in [-0.2, -0.15) is 12.6 Å². The third kappa shape index (κ3) is 3.00. The van der Waals surface area contributed by atoms with Crippen LogP contribution in [-0.2, 0) is 19.0 Å². The maximum Gasteiger partial charge on any atom is 0.315 e. The van der Waals surface area contributed by atoms with E-state index in [1.165, 1.54) is 0 Å². The molecule has 1 fully saturated rings. The molecule has 0 saturated carbocycles. The molecule has 0 amide bonds.